The number of halogens is 4. The normalized spacial score (nSPS) is 13.1. The van der Waals surface area contributed by atoms with E-state index in [1.54, 1.807) is 6.92 Å². The van der Waals surface area contributed by atoms with E-state index in [-0.39, 0.29) is 6.61 Å². The van der Waals surface area contributed by atoms with Gasteiger partial charge in [-0.3, -0.25) is 0 Å². The summed E-state index contributed by atoms with van der Waals surface area (Å²) in [7, 11) is -0.114. The van der Waals surface area contributed by atoms with E-state index in [0.717, 1.165) is 0 Å². The Morgan fingerprint density at radius 1 is 1.32 bits per heavy atom. The Morgan fingerprint density at radius 3 is 1.95 bits per heavy atom. The molecule has 0 heterocycles. The molecule has 0 aromatic heterocycles. The van der Waals surface area contributed by atoms with Crippen LogP contribution in [0, 0.1) is 0 Å². The number of aliphatic hydroxyl groups is 1. The average molecular weight is 289 g/mol. The molecule has 0 saturated carbocycles. The Balaban J connectivity index is 0. The fourth-order valence-electron chi connectivity index (χ4n) is 0.980. The molecule has 0 fully saturated rings. The van der Waals surface area contributed by atoms with Crippen LogP contribution in [-0.2, 0) is 9.53 Å². The first-order valence-electron chi connectivity index (χ1n) is 5.41. The molecule has 0 aliphatic heterocycles. The molecule has 9 heteroatoms. The molecule has 1 N–H and O–H groups in total. The van der Waals surface area contributed by atoms with E-state index in [0.29, 0.717) is 16.6 Å². The van der Waals surface area contributed by atoms with Crippen LogP contribution in [0.5, 0.6) is 0 Å². The first-order chi connectivity index (χ1) is 8.22. The summed E-state index contributed by atoms with van der Waals surface area (Å²) >= 11 is 0. The van der Waals surface area contributed by atoms with Crippen molar-refractivity contribution in [2.24, 2.45) is 0 Å². The van der Waals surface area contributed by atoms with Crippen LogP contribution in [0.3, 0.4) is 0 Å². The fourth-order valence-corrected chi connectivity index (χ4v) is 0.980. The highest BCUT2D eigenvalue weighted by atomic mass is 19.5. The van der Waals surface area contributed by atoms with Crippen LogP contribution < -0.4 is 0 Å². The molecule has 1 unspecified atom stereocenters. The van der Waals surface area contributed by atoms with Crippen LogP contribution >= 0.6 is 0 Å². The predicted molar refractivity (Wildman–Crippen MR) is 64.9 cm³/mol. The number of nitrogens with zero attached hydrogens (tertiary/aromatic N) is 1. The number of quaternary nitrogens is 1. The van der Waals surface area contributed by atoms with Crippen molar-refractivity contribution in [1.82, 2.24) is 0 Å². The van der Waals surface area contributed by atoms with Gasteiger partial charge in [-0.1, -0.05) is 6.58 Å². The number of carbonyl (C=O) groups is 1. The lowest BCUT2D eigenvalue weighted by Crippen LogP contribution is -2.43. The van der Waals surface area contributed by atoms with Gasteiger partial charge in [-0.2, -0.15) is 0 Å². The summed E-state index contributed by atoms with van der Waals surface area (Å²) in [6.45, 7) is 5.60. The molecule has 0 spiro atoms. The number of likely N-dealkylation sites (N-methyl/N-ethyl adjacent to an activating group) is 1. The Bertz CT molecular complexity index is 296. The second kappa shape index (κ2) is 8.16. The molecule has 0 saturated heterocycles. The molecule has 0 amide bonds. The minimum absolute atomic E-state index is 0.0290. The zero-order chi connectivity index (χ0) is 15.9. The van der Waals surface area contributed by atoms with Gasteiger partial charge in [0.05, 0.1) is 21.1 Å². The van der Waals surface area contributed by atoms with Gasteiger partial charge in [-0.25, -0.2) is 4.79 Å². The molecule has 0 rings (SSSR count). The Morgan fingerprint density at radius 2 is 1.68 bits per heavy atom. The molecule has 0 aliphatic carbocycles. The molecule has 0 aromatic rings. The number of esters is 1. The van der Waals surface area contributed by atoms with Crippen molar-refractivity contribution >= 4 is 13.2 Å². The molecule has 0 aromatic carbocycles. The van der Waals surface area contributed by atoms with E-state index in [2.05, 4.69) is 6.58 Å². The van der Waals surface area contributed by atoms with Gasteiger partial charge in [0.25, 0.3) is 0 Å². The van der Waals surface area contributed by atoms with Gasteiger partial charge < -0.3 is 31.6 Å². The molecule has 19 heavy (non-hydrogen) atoms. The SMILES string of the molecule is C=C(C)C(=O)OCC(O)C[N+](C)(C)C.F[B-](F)(F)F. The van der Waals surface area contributed by atoms with E-state index < -0.39 is 19.3 Å². The number of aliphatic hydroxyl groups excluding tert-OH is 1. The smallest absolute Gasteiger partial charge is 0.459 e. The lowest BCUT2D eigenvalue weighted by Gasteiger charge is -2.26. The lowest BCUT2D eigenvalue weighted by molar-refractivity contribution is -0.873. The van der Waals surface area contributed by atoms with Crippen molar-refractivity contribution in [3.8, 4) is 0 Å². The summed E-state index contributed by atoms with van der Waals surface area (Å²) in [5.74, 6) is -0.453. The Labute approximate surface area is 110 Å². The summed E-state index contributed by atoms with van der Waals surface area (Å²) in [6.07, 6.45) is -0.627. The van der Waals surface area contributed by atoms with Crippen molar-refractivity contribution < 1.29 is 36.4 Å². The van der Waals surface area contributed by atoms with Crippen molar-refractivity contribution in [1.29, 1.82) is 0 Å². The van der Waals surface area contributed by atoms with Crippen LogP contribution in [0.15, 0.2) is 12.2 Å². The van der Waals surface area contributed by atoms with Crippen molar-refractivity contribution in [3.63, 3.8) is 0 Å². The van der Waals surface area contributed by atoms with Gasteiger partial charge >= 0.3 is 13.2 Å². The van der Waals surface area contributed by atoms with E-state index in [9.17, 15) is 27.2 Å². The lowest BCUT2D eigenvalue weighted by atomic mass is 10.3. The molecule has 0 radical (unpaired) electrons. The average Bonchev–Trinajstić information content (AvgIpc) is 2.08. The van der Waals surface area contributed by atoms with Crippen LogP contribution in [0.1, 0.15) is 6.92 Å². The van der Waals surface area contributed by atoms with Gasteiger partial charge in [-0.15, -0.1) is 0 Å². The predicted octanol–water partition coefficient (Wildman–Crippen LogP) is 1.47. The number of rotatable bonds is 5. The maximum atomic E-state index is 11.0. The molecular formula is C10H20BF4NO3. The summed E-state index contributed by atoms with van der Waals surface area (Å²) in [5.41, 5.74) is 0.349. The molecular weight excluding hydrogens is 269 g/mol. The summed E-state index contributed by atoms with van der Waals surface area (Å²) in [5, 5.41) is 9.49. The molecule has 114 valence electrons. The van der Waals surface area contributed by atoms with Gasteiger partial charge in [0.2, 0.25) is 0 Å². The molecule has 4 nitrogen and oxygen atoms in total. The van der Waals surface area contributed by atoms with Gasteiger partial charge in [0.1, 0.15) is 19.3 Å². The highest BCUT2D eigenvalue weighted by Gasteiger charge is 2.20. The number of hydrogen-bond donors (Lipinski definition) is 1. The number of carbonyl (C=O) groups excluding carboxylic acids is 1. The maximum Gasteiger partial charge on any atom is 0.673 e. The van der Waals surface area contributed by atoms with Gasteiger partial charge in [0, 0.05) is 5.57 Å². The topological polar surface area (TPSA) is 46.5 Å². The number of ether oxygens (including phenoxy) is 1. The van der Waals surface area contributed by atoms with Crippen LogP contribution in [0.4, 0.5) is 17.3 Å². The van der Waals surface area contributed by atoms with Crippen molar-refractivity contribution in [3.05, 3.63) is 12.2 Å². The zero-order valence-electron chi connectivity index (χ0n) is 11.5. The Hall–Kier alpha value is -1.09. The third-order valence-electron chi connectivity index (χ3n) is 1.51. The minimum Gasteiger partial charge on any atom is -0.459 e. The zero-order valence-corrected chi connectivity index (χ0v) is 11.5. The first-order valence-corrected chi connectivity index (χ1v) is 5.41. The Kier molecular flexibility index (Phi) is 8.69. The monoisotopic (exact) mass is 289 g/mol. The largest absolute Gasteiger partial charge is 0.673 e. The highest BCUT2D eigenvalue weighted by Crippen LogP contribution is 2.06. The van der Waals surface area contributed by atoms with E-state index in [1.807, 2.05) is 21.1 Å². The number of hydrogen-bond acceptors (Lipinski definition) is 3. The van der Waals surface area contributed by atoms with Gasteiger partial charge in [0.15, 0.2) is 0 Å². The maximum absolute atomic E-state index is 11.0. The van der Waals surface area contributed by atoms with E-state index >= 15 is 0 Å². The third-order valence-corrected chi connectivity index (χ3v) is 1.51. The fraction of sp³-hybridized carbons (Fsp3) is 0.700. The van der Waals surface area contributed by atoms with E-state index in [1.165, 1.54) is 0 Å². The third kappa shape index (κ3) is 22.6. The second-order valence-corrected chi connectivity index (χ2v) is 5.00. The summed E-state index contributed by atoms with van der Waals surface area (Å²) in [6, 6.07) is 0. The standard InChI is InChI=1S/C10H20NO3.BF4/c1-8(2)10(13)14-7-9(12)6-11(3,4)5;2-1(3,4)5/h9,12H,1,6-7H2,2-5H3;/q+1;-1. The summed E-state index contributed by atoms with van der Waals surface area (Å²) < 4.78 is 44.4. The molecule has 1 atom stereocenters. The summed E-state index contributed by atoms with van der Waals surface area (Å²) in [4.78, 5) is 11.0. The minimum atomic E-state index is -6.00. The quantitative estimate of drug-likeness (QED) is 0.274. The van der Waals surface area contributed by atoms with Crippen LogP contribution in [-0.4, -0.2) is 63.2 Å². The van der Waals surface area contributed by atoms with E-state index in [4.69, 9.17) is 4.74 Å². The van der Waals surface area contributed by atoms with Crippen LogP contribution in [0.25, 0.3) is 0 Å². The van der Waals surface area contributed by atoms with Gasteiger partial charge in [-0.05, 0) is 6.92 Å². The molecule has 0 bridgehead atoms. The highest BCUT2D eigenvalue weighted by molar-refractivity contribution is 6.50. The first kappa shape index (κ1) is 20.2. The van der Waals surface area contributed by atoms with Crippen molar-refractivity contribution in [2.75, 3.05) is 34.3 Å². The second-order valence-electron chi connectivity index (χ2n) is 5.00. The van der Waals surface area contributed by atoms with Crippen molar-refractivity contribution in [2.45, 2.75) is 13.0 Å². The molecule has 0 aliphatic rings. The van der Waals surface area contributed by atoms with Crippen LogP contribution in [0.2, 0.25) is 0 Å².